The van der Waals surface area contributed by atoms with E-state index in [1.54, 1.807) is 0 Å². The molecule has 0 saturated carbocycles. The fourth-order valence-electron chi connectivity index (χ4n) is 2.04. The molecule has 1 saturated heterocycles. The van der Waals surface area contributed by atoms with Crippen molar-refractivity contribution >= 4 is 11.9 Å². The lowest BCUT2D eigenvalue weighted by atomic mass is 10.2. The summed E-state index contributed by atoms with van der Waals surface area (Å²) in [5, 5.41) is 5.49. The van der Waals surface area contributed by atoms with E-state index < -0.39 is 0 Å². The highest BCUT2D eigenvalue weighted by atomic mass is 16.2. The summed E-state index contributed by atoms with van der Waals surface area (Å²) >= 11 is 0. The van der Waals surface area contributed by atoms with Crippen LogP contribution in [0, 0.1) is 0 Å². The Morgan fingerprint density at radius 2 is 2.11 bits per heavy atom. The smallest absolute Gasteiger partial charge is 0.315 e. The molecule has 1 fully saturated rings. The Hall–Kier alpha value is -1.52. The summed E-state index contributed by atoms with van der Waals surface area (Å²) in [6.45, 7) is 8.26. The van der Waals surface area contributed by atoms with Crippen molar-refractivity contribution in [2.75, 3.05) is 26.2 Å². The summed E-state index contributed by atoms with van der Waals surface area (Å²) in [4.78, 5) is 25.0. The fourth-order valence-corrected chi connectivity index (χ4v) is 2.04. The van der Waals surface area contributed by atoms with E-state index in [1.165, 1.54) is 0 Å². The van der Waals surface area contributed by atoms with Crippen molar-refractivity contribution in [1.29, 1.82) is 0 Å². The molecule has 0 spiro atoms. The largest absolute Gasteiger partial charge is 0.343 e. The minimum absolute atomic E-state index is 0.176. The molecule has 2 N–H and O–H groups in total. The van der Waals surface area contributed by atoms with E-state index in [1.807, 2.05) is 11.8 Å². The highest BCUT2D eigenvalue weighted by Crippen LogP contribution is 2.10. The zero-order chi connectivity index (χ0) is 14.1. The van der Waals surface area contributed by atoms with Crippen LogP contribution in [-0.4, -0.2) is 43.0 Å². The van der Waals surface area contributed by atoms with Crippen LogP contribution in [0.5, 0.6) is 0 Å². The van der Waals surface area contributed by atoms with E-state index in [2.05, 4.69) is 17.2 Å². The van der Waals surface area contributed by atoms with E-state index in [0.29, 0.717) is 19.5 Å². The summed E-state index contributed by atoms with van der Waals surface area (Å²) in [7, 11) is 0. The normalized spacial score (nSPS) is 15.8. The van der Waals surface area contributed by atoms with Gasteiger partial charge >= 0.3 is 6.03 Å². The molecule has 1 aliphatic heterocycles. The van der Waals surface area contributed by atoms with Crippen molar-refractivity contribution in [3.63, 3.8) is 0 Å². The Morgan fingerprint density at radius 3 is 2.84 bits per heavy atom. The number of amides is 3. The summed E-state index contributed by atoms with van der Waals surface area (Å²) in [6.07, 6.45) is 4.72. The lowest BCUT2D eigenvalue weighted by Crippen LogP contribution is -2.38. The third kappa shape index (κ3) is 6.84. The number of nitrogens with one attached hydrogen (secondary N) is 2. The quantitative estimate of drug-likeness (QED) is 0.568. The molecule has 108 valence electrons. The van der Waals surface area contributed by atoms with Crippen molar-refractivity contribution in [2.24, 2.45) is 0 Å². The standard InChI is InChI=1S/C14H25N3O2/c1-12(2)11-16-14(19)15-8-6-10-17-9-5-3-4-7-13(17)18/h1,3-11H2,2H3,(H2,15,16,19). The highest BCUT2D eigenvalue weighted by Gasteiger charge is 2.15. The van der Waals surface area contributed by atoms with Gasteiger partial charge in [-0.1, -0.05) is 18.6 Å². The second-order valence-corrected chi connectivity index (χ2v) is 5.11. The van der Waals surface area contributed by atoms with Gasteiger partial charge in [0, 0.05) is 32.6 Å². The average molecular weight is 267 g/mol. The summed E-state index contributed by atoms with van der Waals surface area (Å²) in [5.74, 6) is 0.254. The van der Waals surface area contributed by atoms with Gasteiger partial charge in [-0.25, -0.2) is 4.79 Å². The van der Waals surface area contributed by atoms with Gasteiger partial charge < -0.3 is 15.5 Å². The number of hydrogen-bond acceptors (Lipinski definition) is 2. The van der Waals surface area contributed by atoms with Crippen LogP contribution in [0.3, 0.4) is 0 Å². The van der Waals surface area contributed by atoms with E-state index >= 15 is 0 Å². The molecule has 0 aromatic heterocycles. The van der Waals surface area contributed by atoms with E-state index in [0.717, 1.165) is 44.3 Å². The molecule has 5 nitrogen and oxygen atoms in total. The predicted molar refractivity (Wildman–Crippen MR) is 75.9 cm³/mol. The molecule has 1 heterocycles. The van der Waals surface area contributed by atoms with Gasteiger partial charge in [0.2, 0.25) is 5.91 Å². The second-order valence-electron chi connectivity index (χ2n) is 5.11. The first-order valence-electron chi connectivity index (χ1n) is 7.03. The number of nitrogens with zero attached hydrogens (tertiary/aromatic N) is 1. The molecule has 0 aromatic carbocycles. The lowest BCUT2D eigenvalue weighted by molar-refractivity contribution is -0.130. The van der Waals surface area contributed by atoms with Crippen molar-refractivity contribution in [3.05, 3.63) is 12.2 Å². The monoisotopic (exact) mass is 267 g/mol. The van der Waals surface area contributed by atoms with Crippen molar-refractivity contribution in [1.82, 2.24) is 15.5 Å². The van der Waals surface area contributed by atoms with Gasteiger partial charge in [-0.15, -0.1) is 0 Å². The SMILES string of the molecule is C=C(C)CNC(=O)NCCCN1CCCCCC1=O. The number of hydrogen-bond donors (Lipinski definition) is 2. The van der Waals surface area contributed by atoms with Crippen LogP contribution >= 0.6 is 0 Å². The predicted octanol–water partition coefficient (Wildman–Crippen LogP) is 1.65. The second kappa shape index (κ2) is 8.56. The van der Waals surface area contributed by atoms with E-state index in [4.69, 9.17) is 0 Å². The molecular formula is C14H25N3O2. The van der Waals surface area contributed by atoms with Crippen LogP contribution in [0.15, 0.2) is 12.2 Å². The third-order valence-corrected chi connectivity index (χ3v) is 3.11. The Morgan fingerprint density at radius 1 is 1.32 bits per heavy atom. The van der Waals surface area contributed by atoms with Gasteiger partial charge in [0.05, 0.1) is 0 Å². The van der Waals surface area contributed by atoms with E-state index in [9.17, 15) is 9.59 Å². The molecule has 0 bridgehead atoms. The third-order valence-electron chi connectivity index (χ3n) is 3.11. The Bertz CT molecular complexity index is 329. The maximum atomic E-state index is 11.7. The van der Waals surface area contributed by atoms with Gasteiger partial charge in [0.15, 0.2) is 0 Å². The summed E-state index contributed by atoms with van der Waals surface area (Å²) in [6, 6.07) is -0.176. The topological polar surface area (TPSA) is 61.4 Å². The van der Waals surface area contributed by atoms with Crippen molar-refractivity contribution in [3.8, 4) is 0 Å². The van der Waals surface area contributed by atoms with Crippen LogP contribution < -0.4 is 10.6 Å². The van der Waals surface area contributed by atoms with Gasteiger partial charge in [-0.05, 0) is 26.2 Å². The van der Waals surface area contributed by atoms with Crippen LogP contribution in [0.2, 0.25) is 0 Å². The Balaban J connectivity index is 2.10. The summed E-state index contributed by atoms with van der Waals surface area (Å²) < 4.78 is 0. The maximum absolute atomic E-state index is 11.7. The van der Waals surface area contributed by atoms with E-state index in [-0.39, 0.29) is 11.9 Å². The number of carbonyl (C=O) groups is 2. The van der Waals surface area contributed by atoms with Crippen LogP contribution in [0.1, 0.15) is 39.0 Å². The molecule has 1 rings (SSSR count). The average Bonchev–Trinajstić information content (AvgIpc) is 2.57. The molecule has 1 aliphatic rings. The molecule has 5 heteroatoms. The van der Waals surface area contributed by atoms with Gasteiger partial charge in [0.25, 0.3) is 0 Å². The number of likely N-dealkylation sites (tertiary alicyclic amines) is 1. The number of urea groups is 1. The maximum Gasteiger partial charge on any atom is 0.315 e. The molecule has 0 aliphatic carbocycles. The first-order valence-corrected chi connectivity index (χ1v) is 7.03. The van der Waals surface area contributed by atoms with Gasteiger partial charge in [-0.2, -0.15) is 0 Å². The number of rotatable bonds is 6. The number of carbonyl (C=O) groups excluding carboxylic acids is 2. The molecule has 0 unspecified atom stereocenters. The van der Waals surface area contributed by atoms with Crippen molar-refractivity contribution < 1.29 is 9.59 Å². The zero-order valence-corrected chi connectivity index (χ0v) is 11.8. The minimum atomic E-state index is -0.176. The van der Waals surface area contributed by atoms with Crippen molar-refractivity contribution in [2.45, 2.75) is 39.0 Å². The molecule has 0 aromatic rings. The molecule has 3 amide bonds. The Kier molecular flexibility index (Phi) is 7.00. The Labute approximate surface area is 115 Å². The highest BCUT2D eigenvalue weighted by molar-refractivity contribution is 5.76. The first-order chi connectivity index (χ1) is 9.09. The summed E-state index contributed by atoms with van der Waals surface area (Å²) in [5.41, 5.74) is 0.922. The lowest BCUT2D eigenvalue weighted by Gasteiger charge is -2.20. The molecule has 19 heavy (non-hydrogen) atoms. The molecule has 0 radical (unpaired) electrons. The molecular weight excluding hydrogens is 242 g/mol. The first kappa shape index (κ1) is 15.5. The molecule has 0 atom stereocenters. The van der Waals surface area contributed by atoms with Gasteiger partial charge in [-0.3, -0.25) is 4.79 Å². The minimum Gasteiger partial charge on any atom is -0.343 e. The van der Waals surface area contributed by atoms with Gasteiger partial charge in [0.1, 0.15) is 0 Å². The zero-order valence-electron chi connectivity index (χ0n) is 11.8. The van der Waals surface area contributed by atoms with Crippen LogP contribution in [0.4, 0.5) is 4.79 Å². The van der Waals surface area contributed by atoms with Crippen LogP contribution in [0.25, 0.3) is 0 Å². The fraction of sp³-hybridized carbons (Fsp3) is 0.714. The van der Waals surface area contributed by atoms with Crippen LogP contribution in [-0.2, 0) is 4.79 Å².